The van der Waals surface area contributed by atoms with E-state index in [2.05, 4.69) is 13.8 Å². The molecule has 0 aliphatic rings. The summed E-state index contributed by atoms with van der Waals surface area (Å²) in [6, 6.07) is 0. The van der Waals surface area contributed by atoms with E-state index in [0.717, 1.165) is 38.5 Å². The van der Waals surface area contributed by atoms with Gasteiger partial charge in [-0.1, -0.05) is 162 Å². The van der Waals surface area contributed by atoms with Crippen molar-refractivity contribution in [2.45, 2.75) is 213 Å². The zero-order chi connectivity index (χ0) is 33.4. The summed E-state index contributed by atoms with van der Waals surface area (Å²) in [5.74, 6) is -1.87. The number of carbonyl (C=O) groups is 2. The van der Waals surface area contributed by atoms with Gasteiger partial charge in [0, 0.05) is 6.42 Å². The molecule has 0 radical (unpaired) electrons. The first-order valence-electron chi connectivity index (χ1n) is 19.6. The highest BCUT2D eigenvalue weighted by Crippen LogP contribution is 2.32. The monoisotopic (exact) mass is 641 g/mol. The van der Waals surface area contributed by atoms with E-state index in [9.17, 15) is 30.0 Å². The number of hydrogen-bond donors (Lipinski definition) is 4. The second-order valence-corrected chi connectivity index (χ2v) is 14.2. The van der Waals surface area contributed by atoms with Crippen molar-refractivity contribution in [2.24, 2.45) is 17.8 Å². The zero-order valence-corrected chi connectivity index (χ0v) is 29.8. The fourth-order valence-corrected chi connectivity index (χ4v) is 7.05. The van der Waals surface area contributed by atoms with Crippen LogP contribution in [0.3, 0.4) is 0 Å². The molecular weight excluding hydrogens is 564 g/mol. The van der Waals surface area contributed by atoms with Crippen LogP contribution in [0.25, 0.3) is 0 Å². The Labute approximate surface area is 278 Å². The first-order chi connectivity index (χ1) is 21.8. The van der Waals surface area contributed by atoms with Crippen molar-refractivity contribution in [2.75, 3.05) is 6.61 Å². The first kappa shape index (κ1) is 43.9. The van der Waals surface area contributed by atoms with Gasteiger partial charge in [-0.3, -0.25) is 9.59 Å². The quantitative estimate of drug-likeness (QED) is 0.0506. The highest BCUT2D eigenvalue weighted by molar-refractivity contribution is 5.70. The third-order valence-electron chi connectivity index (χ3n) is 9.95. The first-order valence-corrected chi connectivity index (χ1v) is 19.6. The predicted molar refractivity (Wildman–Crippen MR) is 189 cm³/mol. The maximum Gasteiger partial charge on any atom is 0.306 e. The highest BCUT2D eigenvalue weighted by atomic mass is 16.4. The largest absolute Gasteiger partial charge is 0.481 e. The molecule has 6 heteroatoms. The third-order valence-corrected chi connectivity index (χ3v) is 9.95. The molecule has 0 amide bonds. The molecule has 0 aliphatic heterocycles. The van der Waals surface area contributed by atoms with Crippen LogP contribution in [0.1, 0.15) is 206 Å². The summed E-state index contributed by atoms with van der Waals surface area (Å²) >= 11 is 0. The van der Waals surface area contributed by atoms with E-state index < -0.39 is 24.0 Å². The van der Waals surface area contributed by atoms with Crippen molar-refractivity contribution in [3.63, 3.8) is 0 Å². The summed E-state index contributed by atoms with van der Waals surface area (Å²) in [5.41, 5.74) is 0. The average molecular weight is 641 g/mol. The van der Waals surface area contributed by atoms with Crippen LogP contribution in [0, 0.1) is 17.8 Å². The van der Waals surface area contributed by atoms with Gasteiger partial charge in [-0.2, -0.15) is 0 Å². The minimum absolute atomic E-state index is 0.00852. The van der Waals surface area contributed by atoms with Crippen molar-refractivity contribution in [3.8, 4) is 0 Å². The number of aliphatic hydroxyl groups is 2. The van der Waals surface area contributed by atoms with Crippen LogP contribution in [0.15, 0.2) is 0 Å². The van der Waals surface area contributed by atoms with Gasteiger partial charge in [-0.15, -0.1) is 0 Å². The summed E-state index contributed by atoms with van der Waals surface area (Å²) in [4.78, 5) is 23.7. The molecule has 6 nitrogen and oxygen atoms in total. The van der Waals surface area contributed by atoms with Crippen LogP contribution >= 0.6 is 0 Å². The minimum atomic E-state index is -0.819. The molecule has 0 aromatic carbocycles. The molecule has 0 fully saturated rings. The average Bonchev–Trinajstić information content (AvgIpc) is 3.01. The second kappa shape index (κ2) is 32.8. The van der Waals surface area contributed by atoms with Gasteiger partial charge in [0.25, 0.3) is 0 Å². The number of carboxylic acid groups (broad SMARTS) is 2. The Hall–Kier alpha value is -1.14. The van der Waals surface area contributed by atoms with E-state index in [0.29, 0.717) is 25.7 Å². The van der Waals surface area contributed by atoms with Gasteiger partial charge >= 0.3 is 11.9 Å². The van der Waals surface area contributed by atoms with Crippen molar-refractivity contribution in [1.82, 2.24) is 0 Å². The lowest BCUT2D eigenvalue weighted by molar-refractivity contribution is -0.144. The Balaban J connectivity index is 4.72. The minimum Gasteiger partial charge on any atom is -0.481 e. The van der Waals surface area contributed by atoms with Gasteiger partial charge in [0.05, 0.1) is 18.6 Å². The Kier molecular flexibility index (Phi) is 32.0. The Bertz CT molecular complexity index is 653. The van der Waals surface area contributed by atoms with E-state index in [1.807, 2.05) is 0 Å². The number of carboxylic acids is 2. The second-order valence-electron chi connectivity index (χ2n) is 14.2. The topological polar surface area (TPSA) is 115 Å². The lowest BCUT2D eigenvalue weighted by atomic mass is 9.78. The molecule has 45 heavy (non-hydrogen) atoms. The van der Waals surface area contributed by atoms with Crippen LogP contribution in [-0.4, -0.2) is 45.1 Å². The molecule has 0 heterocycles. The van der Waals surface area contributed by atoms with Crippen molar-refractivity contribution < 1.29 is 30.0 Å². The summed E-state index contributed by atoms with van der Waals surface area (Å²) in [7, 11) is 0. The van der Waals surface area contributed by atoms with E-state index in [-0.39, 0.29) is 24.9 Å². The Morgan fingerprint density at radius 1 is 0.511 bits per heavy atom. The number of hydrogen-bond acceptors (Lipinski definition) is 4. The standard InChI is InChI=1S/C39H76O6/c1-3-5-7-9-11-13-15-17-19-21-23-26-34(32-36(41)33-40)30-31-37(39(44)45)35(28-25-29-38(42)43)27-24-22-20-18-16-14-12-10-8-6-4-2/h34-37,40-41H,3-33H2,1-2H3,(H,42,43)(H,44,45). The normalized spacial score (nSPS) is 14.3. The predicted octanol–water partition coefficient (Wildman–Crippen LogP) is 11.1. The highest BCUT2D eigenvalue weighted by Gasteiger charge is 2.29. The molecule has 0 aromatic rings. The molecule has 4 atom stereocenters. The Morgan fingerprint density at radius 3 is 1.31 bits per heavy atom. The van der Waals surface area contributed by atoms with Gasteiger partial charge in [0.1, 0.15) is 0 Å². The lowest BCUT2D eigenvalue weighted by Gasteiger charge is -2.27. The van der Waals surface area contributed by atoms with Crippen molar-refractivity contribution in [1.29, 1.82) is 0 Å². The molecule has 0 aromatic heterocycles. The summed E-state index contributed by atoms with van der Waals surface area (Å²) in [6.07, 6.45) is 32.0. The zero-order valence-electron chi connectivity index (χ0n) is 29.8. The molecule has 268 valence electrons. The van der Waals surface area contributed by atoms with Crippen LogP contribution in [0.4, 0.5) is 0 Å². The van der Waals surface area contributed by atoms with Crippen molar-refractivity contribution in [3.05, 3.63) is 0 Å². The molecule has 0 aliphatic carbocycles. The van der Waals surface area contributed by atoms with E-state index in [1.54, 1.807) is 0 Å². The SMILES string of the molecule is CCCCCCCCCCCCCC(CCC(C(=O)O)C(CCCCCCCCCCCCC)CCCC(=O)O)CC(O)CO. The molecule has 0 rings (SSSR count). The van der Waals surface area contributed by atoms with Gasteiger partial charge in [-0.25, -0.2) is 0 Å². The molecule has 0 saturated carbocycles. The molecule has 4 unspecified atom stereocenters. The maximum atomic E-state index is 12.5. The van der Waals surface area contributed by atoms with Gasteiger partial charge in [0.15, 0.2) is 0 Å². The van der Waals surface area contributed by atoms with Crippen LogP contribution in [-0.2, 0) is 9.59 Å². The summed E-state index contributed by atoms with van der Waals surface area (Å²) < 4.78 is 0. The molecule has 0 saturated heterocycles. The number of aliphatic hydroxyl groups excluding tert-OH is 2. The molecule has 0 spiro atoms. The number of unbranched alkanes of at least 4 members (excludes halogenated alkanes) is 20. The lowest BCUT2D eigenvalue weighted by Crippen LogP contribution is -2.26. The van der Waals surface area contributed by atoms with Crippen molar-refractivity contribution >= 4 is 11.9 Å². The molecule has 4 N–H and O–H groups in total. The molecular formula is C39H76O6. The smallest absolute Gasteiger partial charge is 0.306 e. The van der Waals surface area contributed by atoms with Crippen LogP contribution in [0.2, 0.25) is 0 Å². The number of rotatable bonds is 36. The fourth-order valence-electron chi connectivity index (χ4n) is 7.05. The van der Waals surface area contributed by atoms with Gasteiger partial charge in [0.2, 0.25) is 0 Å². The molecule has 0 bridgehead atoms. The third kappa shape index (κ3) is 28.8. The Morgan fingerprint density at radius 2 is 0.911 bits per heavy atom. The van der Waals surface area contributed by atoms with Crippen LogP contribution < -0.4 is 0 Å². The summed E-state index contributed by atoms with van der Waals surface area (Å²) in [5, 5.41) is 39.1. The van der Waals surface area contributed by atoms with Gasteiger partial charge < -0.3 is 20.4 Å². The van der Waals surface area contributed by atoms with Crippen LogP contribution in [0.5, 0.6) is 0 Å². The summed E-state index contributed by atoms with van der Waals surface area (Å²) in [6.45, 7) is 4.24. The number of aliphatic carboxylic acids is 2. The van der Waals surface area contributed by atoms with E-state index in [1.165, 1.54) is 122 Å². The fraction of sp³-hybridized carbons (Fsp3) is 0.949. The maximum absolute atomic E-state index is 12.5. The van der Waals surface area contributed by atoms with E-state index in [4.69, 9.17) is 0 Å². The van der Waals surface area contributed by atoms with E-state index >= 15 is 0 Å². The van der Waals surface area contributed by atoms with Gasteiger partial charge in [-0.05, 0) is 50.4 Å².